The number of anilines is 2. The minimum absolute atomic E-state index is 0.302. The van der Waals surface area contributed by atoms with E-state index in [2.05, 4.69) is 0 Å². The van der Waals surface area contributed by atoms with Gasteiger partial charge in [0.15, 0.2) is 6.10 Å². The molecule has 2 heterocycles. The standard InChI is InChI=1S/C26H24N2O5/c1-16-8-7-11-18(14-16)27-25(29)22-23(20-15-19(31-2)12-13-21(20)32-3)28(33-24(22)26(27)30)17-9-5-4-6-10-17/h4-15,22-24H,1-3H3/t22-,23-,24-/m0/s1. The molecule has 0 unspecified atom stereocenters. The molecule has 0 bridgehead atoms. The van der Waals surface area contributed by atoms with Gasteiger partial charge in [-0.1, -0.05) is 30.3 Å². The number of nitrogens with zero attached hydrogens (tertiary/aromatic N) is 2. The SMILES string of the molecule is COc1ccc(OC)c([C@H]2[C@@H]3C(=O)N(c4cccc(C)c4)C(=O)[C@H]3ON2c2ccccc2)c1. The summed E-state index contributed by atoms with van der Waals surface area (Å²) in [6, 6.07) is 21.6. The summed E-state index contributed by atoms with van der Waals surface area (Å²) in [5.41, 5.74) is 2.96. The lowest BCUT2D eigenvalue weighted by Crippen LogP contribution is -2.37. The van der Waals surface area contributed by atoms with E-state index < -0.39 is 18.1 Å². The molecule has 2 aliphatic rings. The number of rotatable bonds is 5. The van der Waals surface area contributed by atoms with E-state index in [-0.39, 0.29) is 11.8 Å². The molecule has 2 fully saturated rings. The number of hydrogen-bond donors (Lipinski definition) is 0. The Kier molecular flexibility index (Phi) is 5.26. The minimum Gasteiger partial charge on any atom is -0.497 e. The Hall–Kier alpha value is -3.84. The Morgan fingerprint density at radius 2 is 1.58 bits per heavy atom. The second-order valence-corrected chi connectivity index (χ2v) is 8.12. The van der Waals surface area contributed by atoms with Gasteiger partial charge in [-0.2, -0.15) is 0 Å². The van der Waals surface area contributed by atoms with Crippen LogP contribution in [0.4, 0.5) is 11.4 Å². The van der Waals surface area contributed by atoms with Crippen molar-refractivity contribution in [2.75, 3.05) is 24.2 Å². The highest BCUT2D eigenvalue weighted by molar-refractivity contribution is 6.24. The van der Waals surface area contributed by atoms with E-state index >= 15 is 0 Å². The van der Waals surface area contributed by atoms with Gasteiger partial charge in [0, 0.05) is 5.56 Å². The van der Waals surface area contributed by atoms with Crippen molar-refractivity contribution < 1.29 is 23.9 Å². The van der Waals surface area contributed by atoms with Crippen LogP contribution < -0.4 is 19.4 Å². The van der Waals surface area contributed by atoms with Crippen molar-refractivity contribution in [1.29, 1.82) is 0 Å². The molecule has 3 atom stereocenters. The van der Waals surface area contributed by atoms with Gasteiger partial charge in [-0.3, -0.25) is 14.4 Å². The molecule has 0 saturated carbocycles. The first kappa shape index (κ1) is 21.0. The van der Waals surface area contributed by atoms with Gasteiger partial charge in [-0.25, -0.2) is 9.96 Å². The fraction of sp³-hybridized carbons (Fsp3) is 0.231. The van der Waals surface area contributed by atoms with Crippen LogP contribution in [-0.2, 0) is 14.4 Å². The first-order valence-corrected chi connectivity index (χ1v) is 10.7. The normalized spacial score (nSPS) is 22.0. The number of amides is 2. The average Bonchev–Trinajstić information content (AvgIpc) is 3.35. The van der Waals surface area contributed by atoms with E-state index in [1.807, 2.05) is 61.5 Å². The number of aryl methyl sites for hydroxylation is 1. The summed E-state index contributed by atoms with van der Waals surface area (Å²) in [7, 11) is 3.16. The average molecular weight is 444 g/mol. The highest BCUT2D eigenvalue weighted by Crippen LogP contribution is 2.50. The number of carbonyl (C=O) groups excluding carboxylic acids is 2. The number of methoxy groups -OCH3 is 2. The molecule has 2 aliphatic heterocycles. The van der Waals surface area contributed by atoms with Crippen LogP contribution in [0.25, 0.3) is 0 Å². The van der Waals surface area contributed by atoms with Gasteiger partial charge in [0.2, 0.25) is 5.91 Å². The van der Waals surface area contributed by atoms with Gasteiger partial charge >= 0.3 is 0 Å². The zero-order chi connectivity index (χ0) is 23.1. The Morgan fingerprint density at radius 3 is 2.27 bits per heavy atom. The minimum atomic E-state index is -0.945. The van der Waals surface area contributed by atoms with Crippen LogP contribution in [0.2, 0.25) is 0 Å². The quantitative estimate of drug-likeness (QED) is 0.553. The van der Waals surface area contributed by atoms with Gasteiger partial charge < -0.3 is 9.47 Å². The number of carbonyl (C=O) groups is 2. The lowest BCUT2D eigenvalue weighted by molar-refractivity contribution is -0.126. The molecule has 7 heteroatoms. The van der Waals surface area contributed by atoms with E-state index in [0.717, 1.165) is 11.3 Å². The van der Waals surface area contributed by atoms with Crippen molar-refractivity contribution in [1.82, 2.24) is 0 Å². The van der Waals surface area contributed by atoms with Crippen molar-refractivity contribution in [3.05, 3.63) is 83.9 Å². The van der Waals surface area contributed by atoms with Gasteiger partial charge in [0.1, 0.15) is 23.5 Å². The van der Waals surface area contributed by atoms with Crippen LogP contribution in [0, 0.1) is 12.8 Å². The molecule has 0 aliphatic carbocycles. The number of fused-ring (bicyclic) bond motifs is 1. The van der Waals surface area contributed by atoms with Gasteiger partial charge in [0.25, 0.3) is 5.91 Å². The molecule has 0 N–H and O–H groups in total. The topological polar surface area (TPSA) is 68.3 Å². The van der Waals surface area contributed by atoms with Crippen LogP contribution >= 0.6 is 0 Å². The first-order chi connectivity index (χ1) is 16.0. The number of hydrogen-bond acceptors (Lipinski definition) is 6. The van der Waals surface area contributed by atoms with E-state index in [1.54, 1.807) is 37.5 Å². The molecule has 0 radical (unpaired) electrons. The van der Waals surface area contributed by atoms with E-state index in [9.17, 15) is 9.59 Å². The monoisotopic (exact) mass is 444 g/mol. The van der Waals surface area contributed by atoms with Crippen molar-refractivity contribution >= 4 is 23.2 Å². The van der Waals surface area contributed by atoms with Crippen molar-refractivity contribution in [3.63, 3.8) is 0 Å². The molecular weight excluding hydrogens is 420 g/mol. The third-order valence-corrected chi connectivity index (χ3v) is 6.14. The van der Waals surface area contributed by atoms with Crippen LogP contribution in [0.3, 0.4) is 0 Å². The summed E-state index contributed by atoms with van der Waals surface area (Å²) in [6.45, 7) is 1.92. The van der Waals surface area contributed by atoms with Crippen LogP contribution in [0.15, 0.2) is 72.8 Å². The molecule has 7 nitrogen and oxygen atoms in total. The maximum absolute atomic E-state index is 13.8. The summed E-state index contributed by atoms with van der Waals surface area (Å²) < 4.78 is 11.1. The number of imide groups is 1. The molecule has 0 spiro atoms. The van der Waals surface area contributed by atoms with Gasteiger partial charge in [0.05, 0.1) is 25.6 Å². The first-order valence-electron chi connectivity index (χ1n) is 10.7. The van der Waals surface area contributed by atoms with E-state index in [0.29, 0.717) is 22.7 Å². The molecule has 2 saturated heterocycles. The molecule has 3 aromatic carbocycles. The third-order valence-electron chi connectivity index (χ3n) is 6.14. The lowest BCUT2D eigenvalue weighted by atomic mass is 9.89. The largest absolute Gasteiger partial charge is 0.497 e. The van der Waals surface area contributed by atoms with E-state index in [4.69, 9.17) is 14.3 Å². The zero-order valence-corrected chi connectivity index (χ0v) is 18.6. The van der Waals surface area contributed by atoms with Gasteiger partial charge in [-0.05, 0) is 55.0 Å². The smallest absolute Gasteiger partial charge is 0.266 e. The third kappa shape index (κ3) is 3.41. The predicted molar refractivity (Wildman–Crippen MR) is 123 cm³/mol. The van der Waals surface area contributed by atoms with E-state index in [1.165, 1.54) is 4.90 Å². The Labute approximate surface area is 192 Å². The molecule has 2 amide bonds. The van der Waals surface area contributed by atoms with Crippen LogP contribution in [-0.4, -0.2) is 32.1 Å². The maximum Gasteiger partial charge on any atom is 0.266 e. The number of para-hydroxylation sites is 1. The maximum atomic E-state index is 13.8. The molecule has 5 rings (SSSR count). The summed E-state index contributed by atoms with van der Waals surface area (Å²) in [5.74, 6) is -0.223. The Bertz CT molecular complexity index is 1210. The second kappa shape index (κ2) is 8.26. The van der Waals surface area contributed by atoms with Crippen LogP contribution in [0.1, 0.15) is 17.2 Å². The molecule has 168 valence electrons. The lowest BCUT2D eigenvalue weighted by Gasteiger charge is -2.29. The number of hydroxylamine groups is 1. The zero-order valence-electron chi connectivity index (χ0n) is 18.6. The fourth-order valence-corrected chi connectivity index (χ4v) is 4.62. The fourth-order valence-electron chi connectivity index (χ4n) is 4.62. The summed E-state index contributed by atoms with van der Waals surface area (Å²) >= 11 is 0. The highest BCUT2D eigenvalue weighted by Gasteiger charge is 2.60. The summed E-state index contributed by atoms with van der Waals surface area (Å²) in [4.78, 5) is 34.6. The number of benzene rings is 3. The predicted octanol–water partition coefficient (Wildman–Crippen LogP) is 4.06. The molecular formula is C26H24N2O5. The molecule has 33 heavy (non-hydrogen) atoms. The highest BCUT2D eigenvalue weighted by atomic mass is 16.7. The van der Waals surface area contributed by atoms with Crippen molar-refractivity contribution in [2.45, 2.75) is 19.1 Å². The Morgan fingerprint density at radius 1 is 0.818 bits per heavy atom. The summed E-state index contributed by atoms with van der Waals surface area (Å²) in [6.07, 6.45) is -0.945. The number of ether oxygens (including phenoxy) is 2. The van der Waals surface area contributed by atoms with Crippen LogP contribution in [0.5, 0.6) is 11.5 Å². The van der Waals surface area contributed by atoms with Crippen molar-refractivity contribution in [3.8, 4) is 11.5 Å². The molecule has 3 aromatic rings. The van der Waals surface area contributed by atoms with Gasteiger partial charge in [-0.15, -0.1) is 0 Å². The summed E-state index contributed by atoms with van der Waals surface area (Å²) in [5, 5.41) is 1.65. The molecule has 0 aromatic heterocycles. The van der Waals surface area contributed by atoms with Crippen molar-refractivity contribution in [2.24, 2.45) is 5.92 Å². The Balaban J connectivity index is 1.64. The second-order valence-electron chi connectivity index (χ2n) is 8.12.